The average Bonchev–Trinajstić information content (AvgIpc) is 2.33. The fourth-order valence-electron chi connectivity index (χ4n) is 2.10. The summed E-state index contributed by atoms with van der Waals surface area (Å²) in [6.45, 7) is 3.13. The first-order chi connectivity index (χ1) is 8.01. The highest BCUT2D eigenvalue weighted by atomic mass is 79.9. The summed E-state index contributed by atoms with van der Waals surface area (Å²) in [5.74, 6) is 0. The molecule has 0 aromatic heterocycles. The van der Waals surface area contributed by atoms with Gasteiger partial charge in [-0.1, -0.05) is 28.4 Å². The maximum absolute atomic E-state index is 12.5. The van der Waals surface area contributed by atoms with E-state index >= 15 is 0 Å². The van der Waals surface area contributed by atoms with Gasteiger partial charge in [0.1, 0.15) is 0 Å². The summed E-state index contributed by atoms with van der Waals surface area (Å²) >= 11 is 3.33. The molecule has 0 radical (unpaired) electrons. The molecule has 1 saturated heterocycles. The zero-order valence-electron chi connectivity index (χ0n) is 9.82. The quantitative estimate of drug-likeness (QED) is 0.841. The van der Waals surface area contributed by atoms with Crippen LogP contribution < -0.4 is 0 Å². The third-order valence-electron chi connectivity index (χ3n) is 3.08. The maximum atomic E-state index is 12.5. The molecule has 1 fully saturated rings. The number of halogens is 1. The van der Waals surface area contributed by atoms with Crippen molar-refractivity contribution in [2.45, 2.75) is 31.1 Å². The molecule has 0 atom stereocenters. The topological polar surface area (TPSA) is 37.4 Å². The predicted molar refractivity (Wildman–Crippen MR) is 71.5 cm³/mol. The molecule has 1 aromatic rings. The van der Waals surface area contributed by atoms with Crippen molar-refractivity contribution in [2.75, 3.05) is 13.1 Å². The lowest BCUT2D eigenvalue weighted by Crippen LogP contribution is -2.35. The van der Waals surface area contributed by atoms with Gasteiger partial charge in [0.05, 0.1) is 4.90 Å². The number of sulfonamides is 1. The van der Waals surface area contributed by atoms with Crippen LogP contribution in [-0.2, 0) is 10.0 Å². The molecule has 1 aliphatic rings. The maximum Gasteiger partial charge on any atom is 0.243 e. The molecule has 0 bridgehead atoms. The molecule has 94 valence electrons. The van der Waals surface area contributed by atoms with Crippen molar-refractivity contribution in [3.8, 4) is 0 Å². The minimum Gasteiger partial charge on any atom is -0.207 e. The van der Waals surface area contributed by atoms with E-state index in [9.17, 15) is 8.42 Å². The third kappa shape index (κ3) is 2.72. The highest BCUT2D eigenvalue weighted by Gasteiger charge is 2.27. The van der Waals surface area contributed by atoms with Crippen LogP contribution in [0.4, 0.5) is 0 Å². The van der Waals surface area contributed by atoms with Gasteiger partial charge < -0.3 is 0 Å². The Bertz CT molecular complexity index is 507. The van der Waals surface area contributed by atoms with Crippen LogP contribution in [0.2, 0.25) is 0 Å². The van der Waals surface area contributed by atoms with Gasteiger partial charge in [0.15, 0.2) is 0 Å². The van der Waals surface area contributed by atoms with Crippen molar-refractivity contribution in [2.24, 2.45) is 0 Å². The van der Waals surface area contributed by atoms with E-state index in [0.29, 0.717) is 18.0 Å². The second kappa shape index (κ2) is 5.08. The molecule has 0 N–H and O–H groups in total. The molecule has 1 heterocycles. The number of nitrogens with zero attached hydrogens (tertiary/aromatic N) is 1. The van der Waals surface area contributed by atoms with Crippen LogP contribution in [0, 0.1) is 6.92 Å². The Morgan fingerprint density at radius 2 is 1.82 bits per heavy atom. The molecule has 0 saturated carbocycles. The van der Waals surface area contributed by atoms with E-state index in [-0.39, 0.29) is 0 Å². The largest absolute Gasteiger partial charge is 0.243 e. The van der Waals surface area contributed by atoms with Gasteiger partial charge in [0.25, 0.3) is 0 Å². The second-order valence-electron chi connectivity index (χ2n) is 4.37. The van der Waals surface area contributed by atoms with Crippen LogP contribution in [-0.4, -0.2) is 25.8 Å². The smallest absolute Gasteiger partial charge is 0.207 e. The Morgan fingerprint density at radius 1 is 1.18 bits per heavy atom. The molecular weight excluding hydrogens is 302 g/mol. The lowest BCUT2D eigenvalue weighted by atomic mass is 10.2. The normalized spacial score (nSPS) is 18.2. The van der Waals surface area contributed by atoms with Crippen molar-refractivity contribution >= 4 is 26.0 Å². The van der Waals surface area contributed by atoms with Gasteiger partial charge in [-0.25, -0.2) is 8.42 Å². The van der Waals surface area contributed by atoms with Crippen molar-refractivity contribution in [1.29, 1.82) is 0 Å². The van der Waals surface area contributed by atoms with Crippen LogP contribution in [0.5, 0.6) is 0 Å². The fraction of sp³-hybridized carbons (Fsp3) is 0.500. The summed E-state index contributed by atoms with van der Waals surface area (Å²) in [5.41, 5.74) is 0.804. The summed E-state index contributed by atoms with van der Waals surface area (Å²) in [4.78, 5) is 0.425. The standard InChI is InChI=1S/C12H16BrNO2S/c1-10-5-6-11(13)9-12(10)17(15,16)14-7-3-2-4-8-14/h5-6,9H,2-4,7-8H2,1H3. The second-order valence-corrected chi connectivity index (χ2v) is 7.20. The van der Waals surface area contributed by atoms with Crippen LogP contribution in [0.1, 0.15) is 24.8 Å². The Labute approximate surface area is 111 Å². The number of piperidine rings is 1. The highest BCUT2D eigenvalue weighted by Crippen LogP contribution is 2.25. The van der Waals surface area contributed by atoms with Gasteiger partial charge >= 0.3 is 0 Å². The van der Waals surface area contributed by atoms with E-state index in [2.05, 4.69) is 15.9 Å². The van der Waals surface area contributed by atoms with Gasteiger partial charge in [0, 0.05) is 17.6 Å². The SMILES string of the molecule is Cc1ccc(Br)cc1S(=O)(=O)N1CCCCC1. The van der Waals surface area contributed by atoms with E-state index in [1.807, 2.05) is 19.1 Å². The molecular formula is C12H16BrNO2S. The van der Waals surface area contributed by atoms with Gasteiger partial charge in [-0.05, 0) is 37.5 Å². The molecule has 0 spiro atoms. The van der Waals surface area contributed by atoms with Crippen LogP contribution in [0.15, 0.2) is 27.6 Å². The molecule has 1 aliphatic heterocycles. The summed E-state index contributed by atoms with van der Waals surface area (Å²) in [7, 11) is -3.31. The number of hydrogen-bond donors (Lipinski definition) is 0. The molecule has 0 aliphatic carbocycles. The van der Waals surface area contributed by atoms with Gasteiger partial charge in [-0.2, -0.15) is 4.31 Å². The summed E-state index contributed by atoms with van der Waals surface area (Å²) in [6, 6.07) is 5.39. The van der Waals surface area contributed by atoms with Crippen LogP contribution >= 0.6 is 15.9 Å². The number of rotatable bonds is 2. The molecule has 17 heavy (non-hydrogen) atoms. The fourth-order valence-corrected chi connectivity index (χ4v) is 4.38. The first-order valence-corrected chi connectivity index (χ1v) is 8.01. The predicted octanol–water partition coefficient (Wildman–Crippen LogP) is 2.93. The van der Waals surface area contributed by atoms with Gasteiger partial charge in [-0.15, -0.1) is 0 Å². The number of benzene rings is 1. The van der Waals surface area contributed by atoms with E-state index in [0.717, 1.165) is 29.3 Å². The highest BCUT2D eigenvalue weighted by molar-refractivity contribution is 9.10. The van der Waals surface area contributed by atoms with Crippen molar-refractivity contribution < 1.29 is 8.42 Å². The number of aryl methyl sites for hydroxylation is 1. The molecule has 3 nitrogen and oxygen atoms in total. The molecule has 2 rings (SSSR count). The minimum absolute atomic E-state index is 0.425. The molecule has 5 heteroatoms. The zero-order chi connectivity index (χ0) is 12.5. The summed E-state index contributed by atoms with van der Waals surface area (Å²) in [6.07, 6.45) is 3.06. The zero-order valence-corrected chi connectivity index (χ0v) is 12.2. The van der Waals surface area contributed by atoms with Crippen molar-refractivity contribution in [3.05, 3.63) is 28.2 Å². The Kier molecular flexibility index (Phi) is 3.90. The minimum atomic E-state index is -3.31. The molecule has 0 unspecified atom stereocenters. The van der Waals surface area contributed by atoms with Crippen molar-refractivity contribution in [3.63, 3.8) is 0 Å². The monoisotopic (exact) mass is 317 g/mol. The first-order valence-electron chi connectivity index (χ1n) is 5.78. The molecule has 0 amide bonds. The van der Waals surface area contributed by atoms with Gasteiger partial charge in [0.2, 0.25) is 10.0 Å². The van der Waals surface area contributed by atoms with E-state index in [1.165, 1.54) is 0 Å². The Morgan fingerprint density at radius 3 is 2.47 bits per heavy atom. The van der Waals surface area contributed by atoms with Crippen molar-refractivity contribution in [1.82, 2.24) is 4.31 Å². The first kappa shape index (κ1) is 13.1. The van der Waals surface area contributed by atoms with E-state index < -0.39 is 10.0 Å². The molecule has 1 aromatic carbocycles. The third-order valence-corrected chi connectivity index (χ3v) is 5.62. The Hall–Kier alpha value is -0.390. The average molecular weight is 318 g/mol. The number of hydrogen-bond acceptors (Lipinski definition) is 2. The van der Waals surface area contributed by atoms with E-state index in [1.54, 1.807) is 10.4 Å². The van der Waals surface area contributed by atoms with Crippen LogP contribution in [0.25, 0.3) is 0 Å². The Balaban J connectivity index is 2.40. The van der Waals surface area contributed by atoms with Crippen LogP contribution in [0.3, 0.4) is 0 Å². The lowest BCUT2D eigenvalue weighted by Gasteiger charge is -2.26. The van der Waals surface area contributed by atoms with E-state index in [4.69, 9.17) is 0 Å². The van der Waals surface area contributed by atoms with Gasteiger partial charge in [-0.3, -0.25) is 0 Å². The lowest BCUT2D eigenvalue weighted by molar-refractivity contribution is 0.346. The summed E-state index contributed by atoms with van der Waals surface area (Å²) < 4.78 is 27.3. The summed E-state index contributed by atoms with van der Waals surface area (Å²) in [5, 5.41) is 0.